The highest BCUT2D eigenvalue weighted by Crippen LogP contribution is 2.46. The van der Waals surface area contributed by atoms with Crippen molar-refractivity contribution >= 4 is 28.2 Å². The number of ether oxygens (including phenoxy) is 1. The van der Waals surface area contributed by atoms with E-state index in [0.717, 1.165) is 19.4 Å². The zero-order valence-corrected chi connectivity index (χ0v) is 16.8. The minimum absolute atomic E-state index is 0.106. The van der Waals surface area contributed by atoms with Crippen LogP contribution in [0.2, 0.25) is 0 Å². The number of rotatable bonds is 5. The second-order valence-corrected chi connectivity index (χ2v) is 8.55. The molecule has 0 spiro atoms. The predicted molar refractivity (Wildman–Crippen MR) is 111 cm³/mol. The molecule has 160 valence electrons. The van der Waals surface area contributed by atoms with Crippen LogP contribution in [0.15, 0.2) is 11.0 Å². The molecular weight excluding hydrogens is 391 g/mol. The summed E-state index contributed by atoms with van der Waals surface area (Å²) in [4.78, 5) is 26.4. The van der Waals surface area contributed by atoms with Crippen molar-refractivity contribution in [1.29, 1.82) is 0 Å². The van der Waals surface area contributed by atoms with Crippen LogP contribution in [0, 0.1) is 5.82 Å². The zero-order valence-electron chi connectivity index (χ0n) is 16.8. The maximum atomic E-state index is 15.6. The number of hydrogen-bond acceptors (Lipinski definition) is 6. The van der Waals surface area contributed by atoms with Crippen LogP contribution >= 0.6 is 0 Å². The summed E-state index contributed by atoms with van der Waals surface area (Å²) in [6, 6.07) is 0.436. The van der Waals surface area contributed by atoms with Gasteiger partial charge < -0.3 is 30.4 Å². The van der Waals surface area contributed by atoms with E-state index >= 15 is 4.39 Å². The van der Waals surface area contributed by atoms with Crippen molar-refractivity contribution in [3.05, 3.63) is 27.8 Å². The van der Waals surface area contributed by atoms with Gasteiger partial charge in [-0.2, -0.15) is 0 Å². The first-order valence-corrected chi connectivity index (χ1v) is 10.4. The Kier molecular flexibility index (Phi) is 4.39. The number of carboxylic acids is 1. The third-order valence-corrected chi connectivity index (χ3v) is 6.44. The Hall–Kier alpha value is -2.81. The van der Waals surface area contributed by atoms with Crippen molar-refractivity contribution in [3.63, 3.8) is 0 Å². The molecular formula is C21H25FN4O4. The Morgan fingerprint density at radius 1 is 1.40 bits per heavy atom. The Morgan fingerprint density at radius 3 is 2.87 bits per heavy atom. The SMILES string of the molecule is CC1COc2c(N3CCCC3CNC3CC3)c(F)c(N)c3c(=O)c(C(=O)O)cn1c23. The first kappa shape index (κ1) is 19.2. The van der Waals surface area contributed by atoms with Crippen LogP contribution in [0.25, 0.3) is 10.9 Å². The second kappa shape index (κ2) is 6.87. The maximum Gasteiger partial charge on any atom is 0.341 e. The quantitative estimate of drug-likeness (QED) is 0.640. The van der Waals surface area contributed by atoms with Crippen LogP contribution in [-0.2, 0) is 0 Å². The largest absolute Gasteiger partial charge is 0.487 e. The molecule has 0 bridgehead atoms. The van der Waals surface area contributed by atoms with Gasteiger partial charge in [0.05, 0.1) is 22.6 Å². The number of carbonyl (C=O) groups is 1. The van der Waals surface area contributed by atoms with Crippen molar-refractivity contribution in [2.45, 2.75) is 50.7 Å². The Morgan fingerprint density at radius 2 is 2.17 bits per heavy atom. The second-order valence-electron chi connectivity index (χ2n) is 8.55. The van der Waals surface area contributed by atoms with Gasteiger partial charge >= 0.3 is 5.97 Å². The standard InChI is InChI=1S/C21H25FN4O4/c1-10-9-30-20-17-14(19(27)13(21(28)29)8-26(10)17)16(23)15(22)18(20)25-6-2-3-12(25)7-24-11-4-5-11/h8,10-12,24H,2-7,9,23H2,1H3,(H,28,29). The van der Waals surface area contributed by atoms with Crippen LogP contribution in [0.3, 0.4) is 0 Å². The molecule has 3 aliphatic rings. The normalized spacial score (nSPS) is 23.1. The van der Waals surface area contributed by atoms with E-state index in [4.69, 9.17) is 10.5 Å². The number of nitrogens with two attached hydrogens (primary N) is 1. The molecule has 0 amide bonds. The summed E-state index contributed by atoms with van der Waals surface area (Å²) < 4.78 is 23.3. The zero-order chi connectivity index (χ0) is 21.2. The predicted octanol–water partition coefficient (Wildman–Crippen LogP) is 2.10. The monoisotopic (exact) mass is 416 g/mol. The lowest BCUT2D eigenvalue weighted by molar-refractivity contribution is 0.0694. The number of nitrogens with one attached hydrogen (secondary N) is 1. The minimum Gasteiger partial charge on any atom is -0.487 e. The minimum atomic E-state index is -1.36. The van der Waals surface area contributed by atoms with Gasteiger partial charge in [0.1, 0.15) is 17.9 Å². The highest BCUT2D eigenvalue weighted by Gasteiger charge is 2.36. The van der Waals surface area contributed by atoms with Gasteiger partial charge in [-0.25, -0.2) is 9.18 Å². The lowest BCUT2D eigenvalue weighted by Gasteiger charge is -2.34. The molecule has 1 aromatic carbocycles. The Balaban J connectivity index is 1.73. The van der Waals surface area contributed by atoms with Gasteiger partial charge in [-0.15, -0.1) is 0 Å². The molecule has 30 heavy (non-hydrogen) atoms. The number of aromatic nitrogens is 1. The summed E-state index contributed by atoms with van der Waals surface area (Å²) in [5.74, 6) is -1.79. The number of benzene rings is 1. The van der Waals surface area contributed by atoms with Crippen molar-refractivity contribution in [1.82, 2.24) is 9.88 Å². The molecule has 3 heterocycles. The van der Waals surface area contributed by atoms with E-state index in [0.29, 0.717) is 18.1 Å². The fourth-order valence-corrected chi connectivity index (χ4v) is 4.67. The fourth-order valence-electron chi connectivity index (χ4n) is 4.67. The molecule has 2 unspecified atom stereocenters. The molecule has 2 aliphatic heterocycles. The van der Waals surface area contributed by atoms with Gasteiger partial charge in [-0.3, -0.25) is 4.79 Å². The van der Waals surface area contributed by atoms with Gasteiger partial charge in [0.2, 0.25) is 5.43 Å². The molecule has 9 heteroatoms. The van der Waals surface area contributed by atoms with Crippen LogP contribution in [0.1, 0.15) is 49.0 Å². The van der Waals surface area contributed by atoms with Crippen LogP contribution in [0.4, 0.5) is 15.8 Å². The van der Waals surface area contributed by atoms with Crippen molar-refractivity contribution in [3.8, 4) is 5.75 Å². The third kappa shape index (κ3) is 2.83. The first-order chi connectivity index (χ1) is 14.4. The highest BCUT2D eigenvalue weighted by atomic mass is 19.1. The fraction of sp³-hybridized carbons (Fsp3) is 0.524. The number of aromatic carboxylic acids is 1. The summed E-state index contributed by atoms with van der Waals surface area (Å²) >= 11 is 0. The number of carboxylic acid groups (broad SMARTS) is 1. The van der Waals surface area contributed by atoms with E-state index in [2.05, 4.69) is 5.32 Å². The molecule has 1 aliphatic carbocycles. The van der Waals surface area contributed by atoms with Crippen LogP contribution in [0.5, 0.6) is 5.75 Å². The summed E-state index contributed by atoms with van der Waals surface area (Å²) in [5, 5.41) is 12.8. The number of hydrogen-bond donors (Lipinski definition) is 3. The number of halogens is 1. The average Bonchev–Trinajstić information content (AvgIpc) is 3.43. The van der Waals surface area contributed by atoms with Gasteiger partial charge in [0.25, 0.3) is 0 Å². The molecule has 2 atom stereocenters. The third-order valence-electron chi connectivity index (χ3n) is 6.44. The molecule has 2 fully saturated rings. The summed E-state index contributed by atoms with van der Waals surface area (Å²) in [5.41, 5.74) is 5.25. The van der Waals surface area contributed by atoms with Gasteiger partial charge in [-0.1, -0.05) is 0 Å². The summed E-state index contributed by atoms with van der Waals surface area (Å²) in [6.07, 6.45) is 5.52. The number of nitrogens with zero attached hydrogens (tertiary/aromatic N) is 2. The van der Waals surface area contributed by atoms with Gasteiger partial charge in [0.15, 0.2) is 11.6 Å². The topological polar surface area (TPSA) is 110 Å². The van der Waals surface area contributed by atoms with Crippen molar-refractivity contribution < 1.29 is 19.0 Å². The number of pyridine rings is 1. The van der Waals surface area contributed by atoms with Crippen LogP contribution < -0.4 is 26.1 Å². The molecule has 1 saturated heterocycles. The Bertz CT molecular complexity index is 1110. The molecule has 1 aromatic heterocycles. The lowest BCUT2D eigenvalue weighted by atomic mass is 10.0. The Labute approximate surface area is 172 Å². The number of nitrogen functional groups attached to an aromatic ring is 1. The summed E-state index contributed by atoms with van der Waals surface area (Å²) in [6.45, 7) is 3.53. The van der Waals surface area contributed by atoms with Crippen molar-refractivity contribution in [2.24, 2.45) is 0 Å². The maximum absolute atomic E-state index is 15.6. The van der Waals surface area contributed by atoms with Crippen LogP contribution in [-0.4, -0.2) is 47.4 Å². The lowest BCUT2D eigenvalue weighted by Crippen LogP contribution is -2.40. The van der Waals surface area contributed by atoms with E-state index in [1.165, 1.54) is 19.0 Å². The van der Waals surface area contributed by atoms with E-state index in [-0.39, 0.29) is 41.2 Å². The highest BCUT2D eigenvalue weighted by molar-refractivity contribution is 6.03. The summed E-state index contributed by atoms with van der Waals surface area (Å²) in [7, 11) is 0. The molecule has 5 rings (SSSR count). The average molecular weight is 416 g/mol. The molecule has 8 nitrogen and oxygen atoms in total. The van der Waals surface area contributed by atoms with Gasteiger partial charge in [-0.05, 0) is 32.6 Å². The van der Waals surface area contributed by atoms with E-state index < -0.39 is 22.8 Å². The molecule has 1 saturated carbocycles. The molecule has 4 N–H and O–H groups in total. The smallest absolute Gasteiger partial charge is 0.341 e. The van der Waals surface area contributed by atoms with Gasteiger partial charge in [0, 0.05) is 31.4 Å². The molecule has 2 aromatic rings. The first-order valence-electron chi connectivity index (χ1n) is 10.4. The number of anilines is 2. The van der Waals surface area contributed by atoms with Crippen molar-refractivity contribution in [2.75, 3.05) is 30.3 Å². The van der Waals surface area contributed by atoms with E-state index in [1.54, 1.807) is 4.57 Å². The molecule has 0 radical (unpaired) electrons. The van der Waals surface area contributed by atoms with E-state index in [9.17, 15) is 14.7 Å². The van der Waals surface area contributed by atoms with E-state index in [1.807, 2.05) is 11.8 Å².